The predicted octanol–water partition coefficient (Wildman–Crippen LogP) is 3.60. The molecule has 0 aromatic heterocycles. The Morgan fingerprint density at radius 3 is 2.90 bits per heavy atom. The van der Waals surface area contributed by atoms with Gasteiger partial charge in [-0.1, -0.05) is 30.3 Å². The van der Waals surface area contributed by atoms with Crippen molar-refractivity contribution < 1.29 is 9.84 Å². The van der Waals surface area contributed by atoms with Crippen LogP contribution in [-0.2, 0) is 12.8 Å². The zero-order valence-electron chi connectivity index (χ0n) is 11.8. The second-order valence-corrected chi connectivity index (χ2v) is 5.45. The molecule has 3 rings (SSSR count). The van der Waals surface area contributed by atoms with Crippen molar-refractivity contribution in [2.24, 2.45) is 0 Å². The molecule has 2 aromatic rings. The molecule has 2 heteroatoms. The van der Waals surface area contributed by atoms with Crippen LogP contribution in [0, 0.1) is 6.92 Å². The molecule has 0 saturated heterocycles. The summed E-state index contributed by atoms with van der Waals surface area (Å²) in [6.45, 7) is 2.88. The average Bonchev–Trinajstić information content (AvgIpc) is 2.93. The third kappa shape index (κ3) is 2.70. The highest BCUT2D eigenvalue weighted by Gasteiger charge is 2.15. The summed E-state index contributed by atoms with van der Waals surface area (Å²) in [5.74, 6) is 0.972. The second-order valence-electron chi connectivity index (χ2n) is 5.45. The normalized spacial score (nSPS) is 14.7. The van der Waals surface area contributed by atoms with Crippen LogP contribution in [0.3, 0.4) is 0 Å². The number of hydrogen-bond acceptors (Lipinski definition) is 2. The van der Waals surface area contributed by atoms with Crippen molar-refractivity contribution in [3.05, 3.63) is 64.7 Å². The maximum Gasteiger partial charge on any atom is 0.122 e. The number of benzene rings is 2. The fourth-order valence-electron chi connectivity index (χ4n) is 2.76. The molecular weight excluding hydrogens is 248 g/mol. The molecule has 2 nitrogen and oxygen atoms in total. The van der Waals surface area contributed by atoms with Crippen molar-refractivity contribution >= 4 is 0 Å². The smallest absolute Gasteiger partial charge is 0.122 e. The first-order valence-corrected chi connectivity index (χ1v) is 7.22. The number of aliphatic hydroxyl groups excluding tert-OH is 1. The Kier molecular flexibility index (Phi) is 3.75. The van der Waals surface area contributed by atoms with Gasteiger partial charge in [0.2, 0.25) is 0 Å². The Hall–Kier alpha value is -1.80. The number of aliphatic hydroxyl groups is 1. The fourth-order valence-corrected chi connectivity index (χ4v) is 2.76. The lowest BCUT2D eigenvalue weighted by Gasteiger charge is -2.13. The zero-order chi connectivity index (χ0) is 13.9. The van der Waals surface area contributed by atoms with Crippen LogP contribution in [0.5, 0.6) is 5.75 Å². The summed E-state index contributed by atoms with van der Waals surface area (Å²) in [5, 5.41) is 10.4. The Morgan fingerprint density at radius 1 is 1.20 bits per heavy atom. The van der Waals surface area contributed by atoms with Crippen LogP contribution in [-0.4, -0.2) is 11.7 Å². The number of fused-ring (bicyclic) bond motifs is 1. The third-order valence-electron chi connectivity index (χ3n) is 4.05. The van der Waals surface area contributed by atoms with E-state index in [1.165, 1.54) is 16.7 Å². The molecule has 20 heavy (non-hydrogen) atoms. The van der Waals surface area contributed by atoms with Crippen molar-refractivity contribution in [3.8, 4) is 5.75 Å². The molecule has 0 fully saturated rings. The number of ether oxygens (including phenoxy) is 1. The van der Waals surface area contributed by atoms with Gasteiger partial charge in [-0.2, -0.15) is 0 Å². The number of rotatable bonds is 4. The molecule has 1 unspecified atom stereocenters. The van der Waals surface area contributed by atoms with E-state index in [0.29, 0.717) is 0 Å². The van der Waals surface area contributed by atoms with Crippen LogP contribution in [0.15, 0.2) is 42.5 Å². The van der Waals surface area contributed by atoms with Crippen LogP contribution < -0.4 is 4.74 Å². The fraction of sp³-hybridized carbons (Fsp3) is 0.333. The summed E-state index contributed by atoms with van der Waals surface area (Å²) in [5.41, 5.74) is 4.83. The van der Waals surface area contributed by atoms with Gasteiger partial charge in [0.05, 0.1) is 12.7 Å². The number of hydrogen-bond donors (Lipinski definition) is 1. The highest BCUT2D eigenvalue weighted by atomic mass is 16.5. The minimum absolute atomic E-state index is 0.402. The molecule has 1 heterocycles. The van der Waals surface area contributed by atoms with E-state index in [2.05, 4.69) is 37.3 Å². The van der Waals surface area contributed by atoms with E-state index in [-0.39, 0.29) is 0 Å². The lowest BCUT2D eigenvalue weighted by Crippen LogP contribution is -2.01. The Bertz CT molecular complexity index is 604. The maximum atomic E-state index is 10.4. The first-order chi connectivity index (χ1) is 9.74. The van der Waals surface area contributed by atoms with Gasteiger partial charge in [-0.3, -0.25) is 0 Å². The summed E-state index contributed by atoms with van der Waals surface area (Å²) in [7, 11) is 0. The molecule has 0 aliphatic carbocycles. The van der Waals surface area contributed by atoms with Crippen LogP contribution in [0.25, 0.3) is 0 Å². The summed E-state index contributed by atoms with van der Waals surface area (Å²) in [6.07, 6.45) is 2.21. The van der Waals surface area contributed by atoms with Gasteiger partial charge in [-0.15, -0.1) is 0 Å². The van der Waals surface area contributed by atoms with Gasteiger partial charge in [0.15, 0.2) is 0 Å². The molecule has 2 aromatic carbocycles. The summed E-state index contributed by atoms with van der Waals surface area (Å²) >= 11 is 0. The zero-order valence-corrected chi connectivity index (χ0v) is 11.8. The molecule has 0 spiro atoms. The van der Waals surface area contributed by atoms with E-state index < -0.39 is 6.10 Å². The molecule has 1 N–H and O–H groups in total. The Morgan fingerprint density at radius 2 is 2.05 bits per heavy atom. The van der Waals surface area contributed by atoms with Crippen LogP contribution >= 0.6 is 0 Å². The first kappa shape index (κ1) is 13.2. The van der Waals surface area contributed by atoms with Gasteiger partial charge >= 0.3 is 0 Å². The van der Waals surface area contributed by atoms with E-state index >= 15 is 0 Å². The van der Waals surface area contributed by atoms with E-state index in [0.717, 1.165) is 37.2 Å². The molecular formula is C18H20O2. The van der Waals surface area contributed by atoms with Gasteiger partial charge in [0.25, 0.3) is 0 Å². The molecule has 1 atom stereocenters. The quantitative estimate of drug-likeness (QED) is 0.918. The molecule has 1 aliphatic heterocycles. The van der Waals surface area contributed by atoms with E-state index in [9.17, 15) is 5.11 Å². The standard InChI is InChI=1S/C18H20O2/c1-13-4-2-3-5-14(13)6-8-17(19)15-7-9-18-16(12-15)10-11-20-18/h2-5,7,9,12,17,19H,6,8,10-11H2,1H3. The molecule has 0 radical (unpaired) electrons. The van der Waals surface area contributed by atoms with Crippen molar-refractivity contribution in [2.45, 2.75) is 32.3 Å². The topological polar surface area (TPSA) is 29.5 Å². The molecule has 104 valence electrons. The summed E-state index contributed by atoms with van der Waals surface area (Å²) < 4.78 is 5.50. The van der Waals surface area contributed by atoms with Crippen molar-refractivity contribution in [1.82, 2.24) is 0 Å². The summed E-state index contributed by atoms with van der Waals surface area (Å²) in [4.78, 5) is 0. The molecule has 0 saturated carbocycles. The highest BCUT2D eigenvalue weighted by molar-refractivity contribution is 5.40. The highest BCUT2D eigenvalue weighted by Crippen LogP contribution is 2.29. The third-order valence-corrected chi connectivity index (χ3v) is 4.05. The average molecular weight is 268 g/mol. The van der Waals surface area contributed by atoms with Crippen molar-refractivity contribution in [1.29, 1.82) is 0 Å². The monoisotopic (exact) mass is 268 g/mol. The lowest BCUT2D eigenvalue weighted by molar-refractivity contribution is 0.167. The minimum Gasteiger partial charge on any atom is -0.493 e. The van der Waals surface area contributed by atoms with Gasteiger partial charge in [0, 0.05) is 6.42 Å². The predicted molar refractivity (Wildman–Crippen MR) is 80.1 cm³/mol. The molecule has 0 amide bonds. The van der Waals surface area contributed by atoms with Crippen LogP contribution in [0.2, 0.25) is 0 Å². The van der Waals surface area contributed by atoms with Gasteiger partial charge < -0.3 is 9.84 Å². The number of aryl methyl sites for hydroxylation is 2. The largest absolute Gasteiger partial charge is 0.493 e. The maximum absolute atomic E-state index is 10.4. The Labute approximate surface area is 120 Å². The van der Waals surface area contributed by atoms with Gasteiger partial charge in [0.1, 0.15) is 5.75 Å². The van der Waals surface area contributed by atoms with Crippen molar-refractivity contribution in [2.75, 3.05) is 6.61 Å². The van der Waals surface area contributed by atoms with E-state index in [1.807, 2.05) is 12.1 Å². The molecule has 1 aliphatic rings. The van der Waals surface area contributed by atoms with Crippen molar-refractivity contribution in [3.63, 3.8) is 0 Å². The minimum atomic E-state index is -0.402. The SMILES string of the molecule is Cc1ccccc1CCC(O)c1ccc2c(c1)CCO2. The summed E-state index contributed by atoms with van der Waals surface area (Å²) in [6, 6.07) is 14.4. The first-order valence-electron chi connectivity index (χ1n) is 7.22. The lowest BCUT2D eigenvalue weighted by atomic mass is 9.97. The van der Waals surface area contributed by atoms with E-state index in [1.54, 1.807) is 0 Å². The van der Waals surface area contributed by atoms with E-state index in [4.69, 9.17) is 4.74 Å². The second kappa shape index (κ2) is 5.68. The van der Waals surface area contributed by atoms with Crippen LogP contribution in [0.4, 0.5) is 0 Å². The van der Waals surface area contributed by atoms with Gasteiger partial charge in [-0.05, 0) is 54.2 Å². The Balaban J connectivity index is 1.67. The van der Waals surface area contributed by atoms with Crippen LogP contribution in [0.1, 0.15) is 34.8 Å². The molecule has 0 bridgehead atoms. The van der Waals surface area contributed by atoms with Gasteiger partial charge in [-0.25, -0.2) is 0 Å².